The van der Waals surface area contributed by atoms with Gasteiger partial charge in [-0.3, -0.25) is 9.58 Å². The van der Waals surface area contributed by atoms with E-state index in [4.69, 9.17) is 23.2 Å². The van der Waals surface area contributed by atoms with Gasteiger partial charge in [-0.2, -0.15) is 13.2 Å². The second-order valence-electron chi connectivity index (χ2n) is 9.16. The Balaban J connectivity index is 2.03. The first-order valence-corrected chi connectivity index (χ1v) is 14.2. The van der Waals surface area contributed by atoms with Crippen LogP contribution in [0, 0.1) is 18.6 Å². The van der Waals surface area contributed by atoms with Crippen molar-refractivity contribution in [2.75, 3.05) is 11.3 Å². The number of alkyl halides is 3. The molecule has 0 spiro atoms. The lowest BCUT2D eigenvalue weighted by atomic mass is 10.0. The number of hydrazine groups is 1. The number of nitrogens with two attached hydrogens (primary N) is 2. The van der Waals surface area contributed by atoms with Crippen LogP contribution >= 0.6 is 11.6 Å². The Labute approximate surface area is 242 Å². The van der Waals surface area contributed by atoms with Crippen molar-refractivity contribution in [3.63, 3.8) is 0 Å². The Bertz CT molecular complexity index is 1810. The summed E-state index contributed by atoms with van der Waals surface area (Å²) in [4.78, 5) is 2.97. The number of aliphatic hydroxyl groups excluding tert-OH is 1. The SMILES string of the molecule is Cc1nc(C(F)(F)F)cn1-c1c(F)cc(-c2cc(F)c(CO)c(S(C)(=O)=O)c2)cc1N(N)/C(=C\N)c1ccc(Cl)cc1. The molecule has 222 valence electrons. The molecule has 1 heterocycles. The summed E-state index contributed by atoms with van der Waals surface area (Å²) in [6.45, 7) is 0.310. The van der Waals surface area contributed by atoms with E-state index in [1.165, 1.54) is 25.1 Å². The van der Waals surface area contributed by atoms with Gasteiger partial charge in [0.1, 0.15) is 23.1 Å². The van der Waals surface area contributed by atoms with Crippen LogP contribution in [0.3, 0.4) is 0 Å². The summed E-state index contributed by atoms with van der Waals surface area (Å²) in [6.07, 6.45) is -2.35. The Hall–Kier alpha value is -3.98. The van der Waals surface area contributed by atoms with E-state index >= 15 is 4.39 Å². The summed E-state index contributed by atoms with van der Waals surface area (Å²) in [5, 5.41) is 10.8. The van der Waals surface area contributed by atoms with E-state index in [1.807, 2.05) is 0 Å². The topological polar surface area (TPSA) is 127 Å². The normalized spacial score (nSPS) is 12.6. The number of rotatable bonds is 7. The predicted octanol–water partition coefficient (Wildman–Crippen LogP) is 5.33. The van der Waals surface area contributed by atoms with Gasteiger partial charge in [0, 0.05) is 34.8 Å². The number of hydrogen-bond acceptors (Lipinski definition) is 7. The second-order valence-corrected chi connectivity index (χ2v) is 11.6. The highest BCUT2D eigenvalue weighted by molar-refractivity contribution is 7.90. The van der Waals surface area contributed by atoms with Gasteiger partial charge >= 0.3 is 6.18 Å². The van der Waals surface area contributed by atoms with E-state index in [0.29, 0.717) is 16.8 Å². The first-order valence-electron chi connectivity index (χ1n) is 11.9. The van der Waals surface area contributed by atoms with Gasteiger partial charge in [0.05, 0.1) is 22.9 Å². The van der Waals surface area contributed by atoms with Crippen molar-refractivity contribution < 1.29 is 35.5 Å². The largest absolute Gasteiger partial charge is 0.434 e. The average molecular weight is 628 g/mol. The van der Waals surface area contributed by atoms with Crippen molar-refractivity contribution in [1.82, 2.24) is 9.55 Å². The van der Waals surface area contributed by atoms with Crippen LogP contribution in [0.2, 0.25) is 5.02 Å². The monoisotopic (exact) mass is 627 g/mol. The van der Waals surface area contributed by atoms with E-state index < -0.39 is 56.1 Å². The lowest BCUT2D eigenvalue weighted by molar-refractivity contribution is -0.141. The van der Waals surface area contributed by atoms with Crippen molar-refractivity contribution in [3.05, 3.63) is 100 Å². The van der Waals surface area contributed by atoms with E-state index in [2.05, 4.69) is 4.98 Å². The third-order valence-corrected chi connectivity index (χ3v) is 7.73. The van der Waals surface area contributed by atoms with E-state index in [1.54, 1.807) is 12.1 Å². The van der Waals surface area contributed by atoms with Gasteiger partial charge in [-0.05, 0) is 54.4 Å². The Morgan fingerprint density at radius 1 is 1.10 bits per heavy atom. The summed E-state index contributed by atoms with van der Waals surface area (Å²) in [7, 11) is -4.04. The number of anilines is 1. The molecule has 0 aliphatic heterocycles. The molecular weight excluding hydrogens is 605 g/mol. The summed E-state index contributed by atoms with van der Waals surface area (Å²) < 4.78 is 96.9. The van der Waals surface area contributed by atoms with Crippen molar-refractivity contribution in [2.45, 2.75) is 24.6 Å². The van der Waals surface area contributed by atoms with Crippen molar-refractivity contribution in [3.8, 4) is 16.8 Å². The van der Waals surface area contributed by atoms with Crippen molar-refractivity contribution >= 4 is 32.8 Å². The fourth-order valence-electron chi connectivity index (χ4n) is 4.34. The number of aryl methyl sites for hydroxylation is 1. The molecule has 1 aromatic heterocycles. The predicted molar refractivity (Wildman–Crippen MR) is 148 cm³/mol. The standard InChI is InChI=1S/C27H23ClF5N5O3S/c1-14-36-25(27(31,32)33)12-37(14)26-21(30)8-16(17-7-20(29)19(13-39)24(10-17)42(2,40)41)9-22(26)38(35)23(11-34)15-3-5-18(28)6-4-15/h3-12,39H,13,34-35H2,1-2H3/b23-11-. The fraction of sp³-hybridized carbons (Fsp3) is 0.148. The zero-order chi connectivity index (χ0) is 31.1. The van der Waals surface area contributed by atoms with Crippen LogP contribution in [0.5, 0.6) is 0 Å². The lowest BCUT2D eigenvalue weighted by Crippen LogP contribution is -2.31. The smallest absolute Gasteiger partial charge is 0.403 e. The van der Waals surface area contributed by atoms with Crippen LogP contribution < -0.4 is 16.6 Å². The number of sulfone groups is 1. The average Bonchev–Trinajstić information content (AvgIpc) is 3.30. The van der Waals surface area contributed by atoms with E-state index in [-0.39, 0.29) is 28.3 Å². The minimum Gasteiger partial charge on any atom is -0.403 e. The Kier molecular flexibility index (Phi) is 8.38. The minimum absolute atomic E-state index is 0.0805. The molecule has 0 atom stereocenters. The number of hydrogen-bond donors (Lipinski definition) is 3. The maximum Gasteiger partial charge on any atom is 0.434 e. The van der Waals surface area contributed by atoms with Crippen molar-refractivity contribution in [1.29, 1.82) is 0 Å². The molecule has 8 nitrogen and oxygen atoms in total. The molecule has 5 N–H and O–H groups in total. The maximum atomic E-state index is 16.0. The van der Waals surface area contributed by atoms with Gasteiger partial charge in [-0.15, -0.1) is 0 Å². The molecule has 0 fully saturated rings. The van der Waals surface area contributed by atoms with E-state index in [9.17, 15) is 31.1 Å². The number of imidazole rings is 1. The van der Waals surface area contributed by atoms with Gasteiger partial charge in [0.15, 0.2) is 15.5 Å². The van der Waals surface area contributed by atoms with Gasteiger partial charge < -0.3 is 10.8 Å². The molecule has 0 aliphatic rings. The molecule has 42 heavy (non-hydrogen) atoms. The minimum atomic E-state index is -4.84. The summed E-state index contributed by atoms with van der Waals surface area (Å²) in [5.74, 6) is 4.01. The molecule has 0 bridgehead atoms. The number of nitrogens with zero attached hydrogens (tertiary/aromatic N) is 3. The number of aliphatic hydroxyl groups is 1. The van der Waals surface area contributed by atoms with Gasteiger partial charge in [0.2, 0.25) is 0 Å². The molecule has 0 unspecified atom stereocenters. The van der Waals surface area contributed by atoms with Crippen LogP contribution in [-0.4, -0.2) is 29.3 Å². The third kappa shape index (κ3) is 5.97. The number of benzene rings is 3. The lowest BCUT2D eigenvalue weighted by Gasteiger charge is -2.26. The second kappa shape index (κ2) is 11.4. The van der Waals surface area contributed by atoms with E-state index in [0.717, 1.165) is 40.2 Å². The highest BCUT2D eigenvalue weighted by Crippen LogP contribution is 2.39. The van der Waals surface area contributed by atoms with Crippen LogP contribution in [0.4, 0.5) is 27.6 Å². The molecule has 0 radical (unpaired) electrons. The molecule has 4 aromatic rings. The van der Waals surface area contributed by atoms with Crippen LogP contribution in [0.25, 0.3) is 22.5 Å². The third-order valence-electron chi connectivity index (χ3n) is 6.32. The number of aromatic nitrogens is 2. The van der Waals surface area contributed by atoms with Crippen LogP contribution in [-0.2, 0) is 22.6 Å². The summed E-state index contributed by atoms with van der Waals surface area (Å²) >= 11 is 5.97. The molecule has 0 amide bonds. The molecule has 4 rings (SSSR count). The highest BCUT2D eigenvalue weighted by atomic mass is 35.5. The maximum absolute atomic E-state index is 16.0. The first kappa shape index (κ1) is 31.0. The molecule has 3 aromatic carbocycles. The first-order chi connectivity index (χ1) is 19.6. The highest BCUT2D eigenvalue weighted by Gasteiger charge is 2.35. The molecule has 0 saturated heterocycles. The summed E-state index contributed by atoms with van der Waals surface area (Å²) in [6, 6.07) is 10.2. The zero-order valence-corrected chi connectivity index (χ0v) is 23.5. The Morgan fingerprint density at radius 2 is 1.69 bits per heavy atom. The molecular formula is C27H23ClF5N5O3S. The van der Waals surface area contributed by atoms with Gasteiger partial charge in [-0.1, -0.05) is 23.7 Å². The quantitative estimate of drug-likeness (QED) is 0.144. The van der Waals surface area contributed by atoms with Crippen molar-refractivity contribution in [2.24, 2.45) is 11.6 Å². The van der Waals surface area contributed by atoms with Crippen LogP contribution in [0.1, 0.15) is 22.6 Å². The Morgan fingerprint density at radius 3 is 2.21 bits per heavy atom. The molecule has 0 aliphatic carbocycles. The number of halogens is 6. The molecule has 15 heteroatoms. The fourth-order valence-corrected chi connectivity index (χ4v) is 5.41. The van der Waals surface area contributed by atoms with Gasteiger partial charge in [-0.25, -0.2) is 28.0 Å². The van der Waals surface area contributed by atoms with Gasteiger partial charge in [0.25, 0.3) is 0 Å². The van der Waals surface area contributed by atoms with Crippen LogP contribution in [0.15, 0.2) is 65.8 Å². The zero-order valence-electron chi connectivity index (χ0n) is 21.9. The summed E-state index contributed by atoms with van der Waals surface area (Å²) in [5.41, 5.74) is 3.67. The molecule has 0 saturated carbocycles.